The van der Waals surface area contributed by atoms with E-state index in [0.29, 0.717) is 11.8 Å². The summed E-state index contributed by atoms with van der Waals surface area (Å²) in [4.78, 5) is 21.2. The van der Waals surface area contributed by atoms with E-state index in [2.05, 4.69) is 27.1 Å². The normalized spacial score (nSPS) is 24.1. The van der Waals surface area contributed by atoms with Gasteiger partial charge in [0.1, 0.15) is 0 Å². The number of rotatable bonds is 4. The van der Waals surface area contributed by atoms with Crippen LogP contribution in [0.3, 0.4) is 0 Å². The lowest BCUT2D eigenvalue weighted by atomic mass is 10.1. The molecule has 1 aliphatic heterocycles. The average molecular weight is 325 g/mol. The lowest BCUT2D eigenvalue weighted by molar-refractivity contribution is -0.134. The molecule has 4 rings (SSSR count). The number of carbonyl (C=O) groups is 1. The summed E-state index contributed by atoms with van der Waals surface area (Å²) in [6.07, 6.45) is 8.57. The molecule has 1 saturated heterocycles. The zero-order valence-corrected chi connectivity index (χ0v) is 14.0. The van der Waals surface area contributed by atoms with Crippen molar-refractivity contribution in [3.63, 3.8) is 0 Å². The average Bonchev–Trinajstić information content (AvgIpc) is 3.30. The third-order valence-corrected chi connectivity index (χ3v) is 5.10. The lowest BCUT2D eigenvalue weighted by Crippen LogP contribution is -2.48. The summed E-state index contributed by atoms with van der Waals surface area (Å²) in [5.74, 6) is 0.870. The molecular formula is C18H23N5O. The zero-order chi connectivity index (χ0) is 16.5. The summed E-state index contributed by atoms with van der Waals surface area (Å²) >= 11 is 0. The highest BCUT2D eigenvalue weighted by Gasteiger charge is 2.46. The third kappa shape index (κ3) is 3.19. The van der Waals surface area contributed by atoms with Crippen LogP contribution in [0, 0.1) is 5.92 Å². The highest BCUT2D eigenvalue weighted by atomic mass is 16.2. The van der Waals surface area contributed by atoms with Crippen molar-refractivity contribution in [1.82, 2.24) is 24.6 Å². The Morgan fingerprint density at radius 1 is 1.21 bits per heavy atom. The number of pyridine rings is 1. The number of hydrogen-bond acceptors (Lipinski definition) is 4. The minimum absolute atomic E-state index is 0.168. The molecule has 2 aromatic rings. The maximum atomic E-state index is 12.7. The van der Waals surface area contributed by atoms with E-state index in [-0.39, 0.29) is 5.92 Å². The molecular weight excluding hydrogens is 302 g/mol. The first-order valence-electron chi connectivity index (χ1n) is 8.59. The minimum atomic E-state index is 0.168. The predicted octanol–water partition coefficient (Wildman–Crippen LogP) is 1.26. The van der Waals surface area contributed by atoms with Crippen LogP contribution in [0.4, 0.5) is 0 Å². The maximum absolute atomic E-state index is 12.7. The van der Waals surface area contributed by atoms with Crippen LogP contribution in [0.25, 0.3) is 0 Å². The summed E-state index contributed by atoms with van der Waals surface area (Å²) in [5.41, 5.74) is 2.48. The first kappa shape index (κ1) is 15.3. The van der Waals surface area contributed by atoms with Gasteiger partial charge in [0.15, 0.2) is 0 Å². The predicted molar refractivity (Wildman–Crippen MR) is 90.2 cm³/mol. The van der Waals surface area contributed by atoms with Gasteiger partial charge in [-0.05, 0) is 35.6 Å². The van der Waals surface area contributed by atoms with E-state index in [0.717, 1.165) is 39.1 Å². The number of carbonyl (C=O) groups excluding carboxylic acids is 1. The second kappa shape index (κ2) is 6.36. The van der Waals surface area contributed by atoms with E-state index in [4.69, 9.17) is 0 Å². The zero-order valence-electron chi connectivity index (χ0n) is 14.0. The van der Waals surface area contributed by atoms with Gasteiger partial charge in [0.25, 0.3) is 0 Å². The van der Waals surface area contributed by atoms with Crippen LogP contribution < -0.4 is 0 Å². The Morgan fingerprint density at radius 3 is 2.62 bits per heavy atom. The first-order chi connectivity index (χ1) is 11.7. The Morgan fingerprint density at radius 2 is 1.96 bits per heavy atom. The van der Waals surface area contributed by atoms with E-state index >= 15 is 0 Å². The second-order valence-electron chi connectivity index (χ2n) is 6.85. The second-order valence-corrected chi connectivity index (χ2v) is 6.85. The standard InChI is InChI=1S/C18H23N5O/c1-21-13-15(11-20-21)16-10-17(16)18(24)23-8-6-22(7-9-23)12-14-2-4-19-5-3-14/h2-5,11,13,16-17H,6-10,12H2,1H3/t16-,17-/m0/s1. The number of aryl methyl sites for hydroxylation is 1. The molecule has 3 heterocycles. The maximum Gasteiger partial charge on any atom is 0.226 e. The summed E-state index contributed by atoms with van der Waals surface area (Å²) < 4.78 is 1.81. The van der Waals surface area contributed by atoms with Crippen LogP contribution in [-0.4, -0.2) is 56.7 Å². The largest absolute Gasteiger partial charge is 0.340 e. The summed E-state index contributed by atoms with van der Waals surface area (Å²) in [6, 6.07) is 4.11. The number of piperazine rings is 1. The summed E-state index contributed by atoms with van der Waals surface area (Å²) in [7, 11) is 1.92. The number of nitrogens with zero attached hydrogens (tertiary/aromatic N) is 5. The number of amides is 1. The van der Waals surface area contributed by atoms with Crippen molar-refractivity contribution >= 4 is 5.91 Å². The molecule has 1 saturated carbocycles. The van der Waals surface area contributed by atoms with Crippen molar-refractivity contribution in [3.8, 4) is 0 Å². The van der Waals surface area contributed by atoms with Crippen molar-refractivity contribution in [2.75, 3.05) is 26.2 Å². The Balaban J connectivity index is 1.28. The molecule has 0 aromatic carbocycles. The molecule has 1 amide bonds. The van der Waals surface area contributed by atoms with E-state index < -0.39 is 0 Å². The number of aromatic nitrogens is 3. The van der Waals surface area contributed by atoms with Gasteiger partial charge in [0.2, 0.25) is 5.91 Å². The lowest BCUT2D eigenvalue weighted by Gasteiger charge is -2.35. The molecule has 0 N–H and O–H groups in total. The van der Waals surface area contributed by atoms with Gasteiger partial charge < -0.3 is 4.90 Å². The highest BCUT2D eigenvalue weighted by molar-refractivity contribution is 5.83. The topological polar surface area (TPSA) is 54.3 Å². The molecule has 2 aliphatic rings. The van der Waals surface area contributed by atoms with E-state index in [1.807, 2.05) is 41.4 Å². The SMILES string of the molecule is Cn1cc([C@@H]2C[C@@H]2C(=O)N2CCN(Cc3ccncc3)CC2)cn1. The molecule has 0 spiro atoms. The molecule has 6 heteroatoms. The van der Waals surface area contributed by atoms with Gasteiger partial charge in [0, 0.05) is 64.3 Å². The monoisotopic (exact) mass is 325 g/mol. The fraction of sp³-hybridized carbons (Fsp3) is 0.500. The Bertz CT molecular complexity index is 705. The van der Waals surface area contributed by atoms with Gasteiger partial charge >= 0.3 is 0 Å². The fourth-order valence-electron chi connectivity index (χ4n) is 3.58. The molecule has 126 valence electrons. The van der Waals surface area contributed by atoms with Crippen molar-refractivity contribution in [2.24, 2.45) is 13.0 Å². The first-order valence-corrected chi connectivity index (χ1v) is 8.59. The smallest absolute Gasteiger partial charge is 0.226 e. The third-order valence-electron chi connectivity index (χ3n) is 5.10. The number of hydrogen-bond donors (Lipinski definition) is 0. The van der Waals surface area contributed by atoms with Gasteiger partial charge in [-0.2, -0.15) is 5.10 Å². The van der Waals surface area contributed by atoms with Crippen LogP contribution >= 0.6 is 0 Å². The van der Waals surface area contributed by atoms with Crippen molar-refractivity contribution < 1.29 is 4.79 Å². The van der Waals surface area contributed by atoms with E-state index in [1.165, 1.54) is 11.1 Å². The van der Waals surface area contributed by atoms with Crippen LogP contribution in [0.5, 0.6) is 0 Å². The minimum Gasteiger partial charge on any atom is -0.340 e. The van der Waals surface area contributed by atoms with Crippen LogP contribution in [-0.2, 0) is 18.4 Å². The van der Waals surface area contributed by atoms with Crippen LogP contribution in [0.1, 0.15) is 23.5 Å². The van der Waals surface area contributed by atoms with Gasteiger partial charge in [-0.25, -0.2) is 0 Å². The molecule has 2 fully saturated rings. The molecule has 0 radical (unpaired) electrons. The van der Waals surface area contributed by atoms with E-state index in [9.17, 15) is 4.79 Å². The van der Waals surface area contributed by atoms with E-state index in [1.54, 1.807) is 0 Å². The molecule has 1 aliphatic carbocycles. The molecule has 0 bridgehead atoms. The van der Waals surface area contributed by atoms with Gasteiger partial charge in [-0.1, -0.05) is 0 Å². The molecule has 0 unspecified atom stereocenters. The van der Waals surface area contributed by atoms with Gasteiger partial charge in [0.05, 0.1) is 6.20 Å². The van der Waals surface area contributed by atoms with Gasteiger partial charge in [-0.15, -0.1) is 0 Å². The fourth-order valence-corrected chi connectivity index (χ4v) is 3.58. The molecule has 2 atom stereocenters. The van der Waals surface area contributed by atoms with Crippen LogP contribution in [0.2, 0.25) is 0 Å². The molecule has 2 aromatic heterocycles. The highest BCUT2D eigenvalue weighted by Crippen LogP contribution is 2.48. The van der Waals surface area contributed by atoms with Crippen molar-refractivity contribution in [3.05, 3.63) is 48.0 Å². The van der Waals surface area contributed by atoms with Crippen LogP contribution in [0.15, 0.2) is 36.9 Å². The Kier molecular flexibility index (Phi) is 4.06. The summed E-state index contributed by atoms with van der Waals surface area (Å²) in [6.45, 7) is 4.49. The Hall–Kier alpha value is -2.21. The quantitative estimate of drug-likeness (QED) is 0.849. The molecule has 6 nitrogen and oxygen atoms in total. The van der Waals surface area contributed by atoms with Crippen molar-refractivity contribution in [1.29, 1.82) is 0 Å². The Labute approximate surface area is 142 Å². The van der Waals surface area contributed by atoms with Crippen molar-refractivity contribution in [2.45, 2.75) is 18.9 Å². The summed E-state index contributed by atoms with van der Waals surface area (Å²) in [5, 5.41) is 4.21. The molecule has 24 heavy (non-hydrogen) atoms. The van der Waals surface area contributed by atoms with Gasteiger partial charge in [-0.3, -0.25) is 19.4 Å².